The van der Waals surface area contributed by atoms with Crippen molar-refractivity contribution in [2.75, 3.05) is 20.6 Å². The van der Waals surface area contributed by atoms with Crippen LogP contribution in [0, 0.1) is 0 Å². The summed E-state index contributed by atoms with van der Waals surface area (Å²) in [5.41, 5.74) is 0. The molecule has 0 radical (unpaired) electrons. The van der Waals surface area contributed by atoms with Gasteiger partial charge in [-0.05, 0) is 32.1 Å². The lowest BCUT2D eigenvalue weighted by Gasteiger charge is -2.21. The molecule has 1 saturated carbocycles. The molecule has 134 valence electrons. The molecule has 0 atom stereocenters. The Balaban J connectivity index is 1.65. The molecule has 0 amide bonds. The minimum atomic E-state index is -0.0915. The van der Waals surface area contributed by atoms with Gasteiger partial charge < -0.3 is 15.0 Å². The summed E-state index contributed by atoms with van der Waals surface area (Å²) >= 11 is 0. The standard InChI is InChI=1S/C16H28N6O2/c1-17-16(21(2)11-14-19-12-20-22(14)3)18-10-6-9-15(23)24-13-7-4-5-8-13/h12-13H,4-11H2,1-3H3,(H,17,18). The summed E-state index contributed by atoms with van der Waals surface area (Å²) in [4.78, 5) is 22.2. The van der Waals surface area contributed by atoms with Crippen LogP contribution in [0.3, 0.4) is 0 Å². The molecule has 0 aliphatic heterocycles. The molecule has 1 aromatic rings. The Hall–Kier alpha value is -2.12. The maximum absolute atomic E-state index is 11.8. The van der Waals surface area contributed by atoms with Gasteiger partial charge in [0.15, 0.2) is 5.96 Å². The Kier molecular flexibility index (Phi) is 7.02. The maximum atomic E-state index is 11.8. The number of aliphatic imine (C=N–C) groups is 1. The average molecular weight is 336 g/mol. The van der Waals surface area contributed by atoms with E-state index in [1.165, 1.54) is 19.2 Å². The first-order valence-corrected chi connectivity index (χ1v) is 8.54. The summed E-state index contributed by atoms with van der Waals surface area (Å²) in [6, 6.07) is 0. The van der Waals surface area contributed by atoms with Crippen molar-refractivity contribution in [3.63, 3.8) is 0 Å². The Morgan fingerprint density at radius 3 is 2.88 bits per heavy atom. The molecule has 1 aliphatic carbocycles. The summed E-state index contributed by atoms with van der Waals surface area (Å²) < 4.78 is 7.19. The third-order valence-corrected chi connectivity index (χ3v) is 4.20. The SMILES string of the molecule is CN=C(NCCCC(=O)OC1CCCC1)N(C)Cc1ncnn1C. The number of ether oxygens (including phenoxy) is 1. The highest BCUT2D eigenvalue weighted by Gasteiger charge is 2.18. The van der Waals surface area contributed by atoms with Gasteiger partial charge >= 0.3 is 5.97 Å². The van der Waals surface area contributed by atoms with Gasteiger partial charge in [0.05, 0.1) is 6.54 Å². The van der Waals surface area contributed by atoms with E-state index in [2.05, 4.69) is 20.4 Å². The molecule has 0 spiro atoms. The molecule has 1 fully saturated rings. The molecule has 0 saturated heterocycles. The van der Waals surface area contributed by atoms with Crippen LogP contribution in [0.2, 0.25) is 0 Å². The van der Waals surface area contributed by atoms with Crippen LogP contribution in [0.1, 0.15) is 44.3 Å². The van der Waals surface area contributed by atoms with Gasteiger partial charge in [-0.25, -0.2) is 4.98 Å². The fourth-order valence-corrected chi connectivity index (χ4v) is 2.82. The van der Waals surface area contributed by atoms with Crippen molar-refractivity contribution >= 4 is 11.9 Å². The molecule has 0 bridgehead atoms. The number of carbonyl (C=O) groups excluding carboxylic acids is 1. The van der Waals surface area contributed by atoms with Crippen molar-refractivity contribution in [3.8, 4) is 0 Å². The van der Waals surface area contributed by atoms with Crippen molar-refractivity contribution in [2.24, 2.45) is 12.0 Å². The highest BCUT2D eigenvalue weighted by atomic mass is 16.5. The summed E-state index contributed by atoms with van der Waals surface area (Å²) in [7, 11) is 5.55. The Morgan fingerprint density at radius 1 is 1.50 bits per heavy atom. The number of rotatable bonds is 7. The average Bonchev–Trinajstić information content (AvgIpc) is 3.20. The van der Waals surface area contributed by atoms with E-state index in [1.807, 2.05) is 19.0 Å². The van der Waals surface area contributed by atoms with Gasteiger partial charge in [0.1, 0.15) is 18.3 Å². The van der Waals surface area contributed by atoms with Crippen LogP contribution in [0.4, 0.5) is 0 Å². The molecule has 1 aliphatic rings. The van der Waals surface area contributed by atoms with Crippen LogP contribution >= 0.6 is 0 Å². The first kappa shape index (κ1) is 18.2. The van der Waals surface area contributed by atoms with E-state index in [4.69, 9.17) is 4.74 Å². The first-order chi connectivity index (χ1) is 11.6. The molecule has 24 heavy (non-hydrogen) atoms. The first-order valence-electron chi connectivity index (χ1n) is 8.54. The van der Waals surface area contributed by atoms with E-state index in [9.17, 15) is 4.79 Å². The van der Waals surface area contributed by atoms with Crippen molar-refractivity contribution in [1.29, 1.82) is 0 Å². The monoisotopic (exact) mass is 336 g/mol. The molecule has 1 heterocycles. The number of aryl methyl sites for hydroxylation is 1. The van der Waals surface area contributed by atoms with Crippen LogP contribution in [-0.4, -0.2) is 58.3 Å². The molecule has 1 N–H and O–H groups in total. The molecule has 8 nitrogen and oxygen atoms in total. The zero-order valence-corrected chi connectivity index (χ0v) is 14.9. The number of esters is 1. The maximum Gasteiger partial charge on any atom is 0.306 e. The highest BCUT2D eigenvalue weighted by molar-refractivity contribution is 5.79. The number of guanidine groups is 1. The van der Waals surface area contributed by atoms with E-state index >= 15 is 0 Å². The van der Waals surface area contributed by atoms with E-state index < -0.39 is 0 Å². The third kappa shape index (κ3) is 5.50. The van der Waals surface area contributed by atoms with E-state index in [-0.39, 0.29) is 12.1 Å². The fourth-order valence-electron chi connectivity index (χ4n) is 2.82. The molecular formula is C16H28N6O2. The van der Waals surface area contributed by atoms with E-state index in [1.54, 1.807) is 11.7 Å². The van der Waals surface area contributed by atoms with Crippen molar-refractivity contribution in [1.82, 2.24) is 25.0 Å². The fraction of sp³-hybridized carbons (Fsp3) is 0.750. The number of nitrogens with one attached hydrogen (secondary N) is 1. The third-order valence-electron chi connectivity index (χ3n) is 4.20. The van der Waals surface area contributed by atoms with Crippen LogP contribution in [0.15, 0.2) is 11.3 Å². The van der Waals surface area contributed by atoms with E-state index in [0.717, 1.165) is 31.0 Å². The Labute approximate surface area is 143 Å². The van der Waals surface area contributed by atoms with Crippen molar-refractivity contribution in [2.45, 2.75) is 51.2 Å². The molecule has 0 aromatic carbocycles. The topological polar surface area (TPSA) is 84.6 Å². The van der Waals surface area contributed by atoms with Crippen molar-refractivity contribution < 1.29 is 9.53 Å². The number of carbonyl (C=O) groups is 1. The lowest BCUT2D eigenvalue weighted by molar-refractivity contribution is -0.148. The number of aromatic nitrogens is 3. The minimum Gasteiger partial charge on any atom is -0.462 e. The van der Waals surface area contributed by atoms with Crippen LogP contribution in [-0.2, 0) is 23.1 Å². The Morgan fingerprint density at radius 2 is 2.25 bits per heavy atom. The second kappa shape index (κ2) is 9.24. The van der Waals surface area contributed by atoms with Gasteiger partial charge in [-0.2, -0.15) is 5.10 Å². The van der Waals surface area contributed by atoms with Gasteiger partial charge in [0.25, 0.3) is 0 Å². The largest absolute Gasteiger partial charge is 0.462 e. The minimum absolute atomic E-state index is 0.0915. The quantitative estimate of drug-likeness (QED) is 0.347. The lowest BCUT2D eigenvalue weighted by Crippen LogP contribution is -2.39. The predicted molar refractivity (Wildman–Crippen MR) is 91.4 cm³/mol. The normalized spacial score (nSPS) is 15.5. The second-order valence-electron chi connectivity index (χ2n) is 6.13. The van der Waals surface area contributed by atoms with Gasteiger partial charge in [-0.15, -0.1) is 0 Å². The molecule has 0 unspecified atom stereocenters. The number of hydrogen-bond donors (Lipinski definition) is 1. The predicted octanol–water partition coefficient (Wildman–Crippen LogP) is 1.09. The lowest BCUT2D eigenvalue weighted by atomic mass is 10.3. The van der Waals surface area contributed by atoms with Crippen LogP contribution < -0.4 is 5.32 Å². The van der Waals surface area contributed by atoms with Crippen LogP contribution in [0.5, 0.6) is 0 Å². The van der Waals surface area contributed by atoms with Gasteiger partial charge in [-0.1, -0.05) is 0 Å². The summed E-state index contributed by atoms with van der Waals surface area (Å²) in [5, 5.41) is 7.32. The highest BCUT2D eigenvalue weighted by Crippen LogP contribution is 2.21. The van der Waals surface area contributed by atoms with Gasteiger partial charge in [0.2, 0.25) is 0 Å². The second-order valence-corrected chi connectivity index (χ2v) is 6.13. The van der Waals surface area contributed by atoms with Gasteiger partial charge in [-0.3, -0.25) is 14.5 Å². The molecule has 1 aromatic heterocycles. The smallest absolute Gasteiger partial charge is 0.306 e. The molecular weight excluding hydrogens is 308 g/mol. The molecule has 2 rings (SSSR count). The zero-order valence-electron chi connectivity index (χ0n) is 14.9. The number of nitrogens with zero attached hydrogens (tertiary/aromatic N) is 5. The summed E-state index contributed by atoms with van der Waals surface area (Å²) in [5.74, 6) is 1.54. The summed E-state index contributed by atoms with van der Waals surface area (Å²) in [6.45, 7) is 1.29. The van der Waals surface area contributed by atoms with Gasteiger partial charge in [0, 0.05) is 34.1 Å². The number of hydrogen-bond acceptors (Lipinski definition) is 5. The van der Waals surface area contributed by atoms with Crippen LogP contribution in [0.25, 0.3) is 0 Å². The van der Waals surface area contributed by atoms with Crippen molar-refractivity contribution in [3.05, 3.63) is 12.2 Å². The Bertz CT molecular complexity index is 551. The summed E-state index contributed by atoms with van der Waals surface area (Å²) in [6.07, 6.45) is 7.23. The zero-order chi connectivity index (χ0) is 17.4. The molecule has 8 heteroatoms. The van der Waals surface area contributed by atoms with E-state index in [0.29, 0.717) is 19.5 Å².